The maximum atomic E-state index is 11.0. The van der Waals surface area contributed by atoms with Gasteiger partial charge in [0, 0.05) is 30.7 Å². The van der Waals surface area contributed by atoms with Crippen LogP contribution in [0.3, 0.4) is 0 Å². The minimum Gasteiger partial charge on any atom is -0.481 e. The van der Waals surface area contributed by atoms with Gasteiger partial charge in [-0.3, -0.25) is 10.1 Å². The lowest BCUT2D eigenvalue weighted by Crippen LogP contribution is -2.27. The first kappa shape index (κ1) is 13.5. The Hall–Kier alpha value is -1.89. The number of nitrogens with zero attached hydrogens (tertiary/aromatic N) is 2. The summed E-state index contributed by atoms with van der Waals surface area (Å²) in [6, 6.07) is 2.93. The SMILES string of the molecule is COc1ccc([N+](=O)[O-])c(NC(C)C2CCOC2)n1. The molecule has 2 heterocycles. The van der Waals surface area contributed by atoms with Gasteiger partial charge in [0.25, 0.3) is 0 Å². The van der Waals surface area contributed by atoms with Crippen LogP contribution in [0.2, 0.25) is 0 Å². The van der Waals surface area contributed by atoms with Gasteiger partial charge >= 0.3 is 5.69 Å². The molecule has 0 radical (unpaired) electrons. The third kappa shape index (κ3) is 3.11. The molecule has 7 heteroatoms. The standard InChI is InChI=1S/C12H17N3O4/c1-8(9-5-6-19-7-9)13-12-10(15(16)17)3-4-11(14-12)18-2/h3-4,8-9H,5-7H2,1-2H3,(H,13,14). The number of anilines is 1. The molecule has 19 heavy (non-hydrogen) atoms. The highest BCUT2D eigenvalue weighted by atomic mass is 16.6. The normalized spacial score (nSPS) is 20.0. The number of hydrogen-bond donors (Lipinski definition) is 1. The van der Waals surface area contributed by atoms with Crippen LogP contribution < -0.4 is 10.1 Å². The predicted octanol–water partition coefficient (Wildman–Crippen LogP) is 1.84. The molecular weight excluding hydrogens is 250 g/mol. The van der Waals surface area contributed by atoms with Crippen LogP contribution in [-0.4, -0.2) is 36.3 Å². The maximum absolute atomic E-state index is 11.0. The zero-order valence-corrected chi connectivity index (χ0v) is 11.0. The summed E-state index contributed by atoms with van der Waals surface area (Å²) < 4.78 is 10.3. The van der Waals surface area contributed by atoms with Gasteiger partial charge in [0.05, 0.1) is 18.6 Å². The zero-order chi connectivity index (χ0) is 13.8. The Bertz CT molecular complexity index is 460. The van der Waals surface area contributed by atoms with E-state index in [4.69, 9.17) is 9.47 Å². The number of methoxy groups -OCH3 is 1. The van der Waals surface area contributed by atoms with Gasteiger partial charge in [-0.1, -0.05) is 0 Å². The third-order valence-corrected chi connectivity index (χ3v) is 3.29. The summed E-state index contributed by atoms with van der Waals surface area (Å²) in [4.78, 5) is 14.6. The Kier molecular flexibility index (Phi) is 4.16. The summed E-state index contributed by atoms with van der Waals surface area (Å²) in [5.41, 5.74) is -0.0495. The highest BCUT2D eigenvalue weighted by Gasteiger charge is 2.25. The summed E-state index contributed by atoms with van der Waals surface area (Å²) in [6.45, 7) is 3.39. The number of ether oxygens (including phenoxy) is 2. The van der Waals surface area contributed by atoms with Crippen LogP contribution in [-0.2, 0) is 4.74 Å². The van der Waals surface area contributed by atoms with Crippen molar-refractivity contribution in [2.24, 2.45) is 5.92 Å². The van der Waals surface area contributed by atoms with E-state index >= 15 is 0 Å². The molecule has 1 aromatic rings. The van der Waals surface area contributed by atoms with E-state index in [0.717, 1.165) is 13.0 Å². The molecule has 0 saturated carbocycles. The smallest absolute Gasteiger partial charge is 0.311 e. The zero-order valence-electron chi connectivity index (χ0n) is 11.0. The molecule has 1 aromatic heterocycles. The van der Waals surface area contributed by atoms with E-state index in [1.807, 2.05) is 6.92 Å². The fourth-order valence-electron chi connectivity index (χ4n) is 2.08. The minimum atomic E-state index is -0.452. The predicted molar refractivity (Wildman–Crippen MR) is 69.5 cm³/mol. The van der Waals surface area contributed by atoms with Crippen molar-refractivity contribution in [2.45, 2.75) is 19.4 Å². The van der Waals surface area contributed by atoms with E-state index in [9.17, 15) is 10.1 Å². The molecule has 0 aliphatic carbocycles. The molecule has 0 amide bonds. The van der Waals surface area contributed by atoms with Crippen molar-refractivity contribution in [1.82, 2.24) is 4.98 Å². The van der Waals surface area contributed by atoms with Crippen LogP contribution in [0.1, 0.15) is 13.3 Å². The highest BCUT2D eigenvalue weighted by Crippen LogP contribution is 2.27. The van der Waals surface area contributed by atoms with Gasteiger partial charge in [0.2, 0.25) is 11.7 Å². The summed E-state index contributed by atoms with van der Waals surface area (Å²) in [7, 11) is 1.48. The van der Waals surface area contributed by atoms with Crippen molar-refractivity contribution < 1.29 is 14.4 Å². The van der Waals surface area contributed by atoms with Crippen molar-refractivity contribution in [2.75, 3.05) is 25.6 Å². The lowest BCUT2D eigenvalue weighted by Gasteiger charge is -2.19. The van der Waals surface area contributed by atoms with Crippen LogP contribution in [0, 0.1) is 16.0 Å². The van der Waals surface area contributed by atoms with Crippen LogP contribution in [0.25, 0.3) is 0 Å². The molecule has 2 atom stereocenters. The third-order valence-electron chi connectivity index (χ3n) is 3.29. The first-order chi connectivity index (χ1) is 9.11. The average molecular weight is 267 g/mol. The van der Waals surface area contributed by atoms with Crippen molar-refractivity contribution >= 4 is 11.5 Å². The highest BCUT2D eigenvalue weighted by molar-refractivity contribution is 5.57. The fourth-order valence-corrected chi connectivity index (χ4v) is 2.08. The Labute approximate surface area is 111 Å². The van der Waals surface area contributed by atoms with E-state index in [1.165, 1.54) is 19.2 Å². The van der Waals surface area contributed by atoms with Gasteiger partial charge in [-0.2, -0.15) is 4.98 Å². The molecule has 0 aromatic carbocycles. The van der Waals surface area contributed by atoms with Gasteiger partial charge in [-0.25, -0.2) is 0 Å². The fraction of sp³-hybridized carbons (Fsp3) is 0.583. The van der Waals surface area contributed by atoms with Crippen molar-refractivity contribution in [1.29, 1.82) is 0 Å². The van der Waals surface area contributed by atoms with Gasteiger partial charge < -0.3 is 14.8 Å². The first-order valence-electron chi connectivity index (χ1n) is 6.15. The number of aromatic nitrogens is 1. The number of pyridine rings is 1. The van der Waals surface area contributed by atoms with Gasteiger partial charge in [0.1, 0.15) is 0 Å². The average Bonchev–Trinajstić information content (AvgIpc) is 2.92. The summed E-state index contributed by atoms with van der Waals surface area (Å²) in [5, 5.41) is 14.1. The van der Waals surface area contributed by atoms with E-state index in [0.29, 0.717) is 18.4 Å². The van der Waals surface area contributed by atoms with Crippen molar-refractivity contribution in [3.05, 3.63) is 22.2 Å². The topological polar surface area (TPSA) is 86.5 Å². The molecule has 1 aliphatic heterocycles. The van der Waals surface area contributed by atoms with Crippen LogP contribution in [0.5, 0.6) is 5.88 Å². The molecule has 104 valence electrons. The monoisotopic (exact) mass is 267 g/mol. The second-order valence-corrected chi connectivity index (χ2v) is 4.54. The number of hydrogen-bond acceptors (Lipinski definition) is 6. The van der Waals surface area contributed by atoms with E-state index in [1.54, 1.807) is 0 Å². The molecule has 2 rings (SSSR count). The summed E-state index contributed by atoms with van der Waals surface area (Å²) in [5.74, 6) is 0.930. The second-order valence-electron chi connectivity index (χ2n) is 4.54. The van der Waals surface area contributed by atoms with E-state index < -0.39 is 4.92 Å². The van der Waals surface area contributed by atoms with Gasteiger partial charge in [-0.15, -0.1) is 0 Å². The van der Waals surface area contributed by atoms with Crippen molar-refractivity contribution in [3.63, 3.8) is 0 Å². The molecule has 2 unspecified atom stereocenters. The quantitative estimate of drug-likeness (QED) is 0.647. The number of rotatable bonds is 5. The van der Waals surface area contributed by atoms with Gasteiger partial charge in [0.15, 0.2) is 0 Å². The molecule has 1 saturated heterocycles. The Balaban J connectivity index is 2.18. The lowest BCUT2D eigenvalue weighted by atomic mass is 10.0. The molecule has 7 nitrogen and oxygen atoms in total. The van der Waals surface area contributed by atoms with Crippen LogP contribution in [0.15, 0.2) is 12.1 Å². The lowest BCUT2D eigenvalue weighted by molar-refractivity contribution is -0.384. The molecule has 0 spiro atoms. The van der Waals surface area contributed by atoms with Gasteiger partial charge in [-0.05, 0) is 13.3 Å². The molecule has 1 N–H and O–H groups in total. The Morgan fingerprint density at radius 1 is 1.63 bits per heavy atom. The van der Waals surface area contributed by atoms with E-state index in [2.05, 4.69) is 10.3 Å². The maximum Gasteiger partial charge on any atom is 0.311 e. The van der Waals surface area contributed by atoms with E-state index in [-0.39, 0.29) is 17.5 Å². The van der Waals surface area contributed by atoms with Crippen LogP contribution in [0.4, 0.5) is 11.5 Å². The number of nitrogens with one attached hydrogen (secondary N) is 1. The van der Waals surface area contributed by atoms with Crippen molar-refractivity contribution in [3.8, 4) is 5.88 Å². The molecule has 0 bridgehead atoms. The Morgan fingerprint density at radius 2 is 2.42 bits per heavy atom. The minimum absolute atomic E-state index is 0.0495. The Morgan fingerprint density at radius 3 is 3.00 bits per heavy atom. The van der Waals surface area contributed by atoms with Crippen LogP contribution >= 0.6 is 0 Å². The second kappa shape index (κ2) is 5.83. The molecular formula is C12H17N3O4. The summed E-state index contributed by atoms with van der Waals surface area (Å²) in [6.07, 6.45) is 0.950. The number of nitro groups is 1. The first-order valence-corrected chi connectivity index (χ1v) is 6.15. The molecule has 1 aliphatic rings. The molecule has 1 fully saturated rings. The largest absolute Gasteiger partial charge is 0.481 e. The summed E-state index contributed by atoms with van der Waals surface area (Å²) >= 11 is 0.